The summed E-state index contributed by atoms with van der Waals surface area (Å²) >= 11 is 6.04. The second kappa shape index (κ2) is 5.95. The van der Waals surface area contributed by atoms with Crippen LogP contribution in [0.25, 0.3) is 0 Å². The molecule has 0 heterocycles. The van der Waals surface area contributed by atoms with Gasteiger partial charge in [0.05, 0.1) is 11.5 Å². The van der Waals surface area contributed by atoms with Crippen molar-refractivity contribution >= 4 is 21.4 Å². The zero-order valence-corrected chi connectivity index (χ0v) is 12.5. The molecule has 0 aromatic heterocycles. The molecule has 0 bridgehead atoms. The topological polar surface area (TPSA) is 54.4 Å². The van der Waals surface area contributed by atoms with E-state index in [0.717, 1.165) is 5.56 Å². The van der Waals surface area contributed by atoms with Crippen LogP contribution in [0, 0.1) is 6.92 Å². The number of hydrogen-bond acceptors (Lipinski definition) is 3. The molecule has 0 spiro atoms. The monoisotopic (exact) mass is 310 g/mol. The molecule has 0 fully saturated rings. The Morgan fingerprint density at radius 3 is 2.25 bits per heavy atom. The van der Waals surface area contributed by atoms with Crippen molar-refractivity contribution in [2.75, 3.05) is 6.61 Å². The van der Waals surface area contributed by atoms with Gasteiger partial charge < -0.3 is 5.11 Å². The molecule has 1 N–H and O–H groups in total. The Morgan fingerprint density at radius 2 is 1.70 bits per heavy atom. The second-order valence-corrected chi connectivity index (χ2v) is 7.09. The summed E-state index contributed by atoms with van der Waals surface area (Å²) in [6.45, 7) is 1.37. The molecule has 3 nitrogen and oxygen atoms in total. The molecule has 20 heavy (non-hydrogen) atoms. The lowest BCUT2D eigenvalue weighted by atomic mass is 10.1. The number of halogens is 1. The van der Waals surface area contributed by atoms with E-state index >= 15 is 0 Å². The minimum Gasteiger partial charge on any atom is -0.395 e. The van der Waals surface area contributed by atoms with Crippen LogP contribution in [0.3, 0.4) is 0 Å². The number of hydrogen-bond donors (Lipinski definition) is 1. The molecule has 106 valence electrons. The number of rotatable bonds is 4. The van der Waals surface area contributed by atoms with E-state index in [-0.39, 0.29) is 4.90 Å². The Labute approximate surface area is 123 Å². The van der Waals surface area contributed by atoms with E-state index in [0.29, 0.717) is 10.6 Å². The SMILES string of the molecule is Cc1ccc(S(=O)(=O)C(CO)c2ccccc2Cl)cc1. The molecule has 0 amide bonds. The van der Waals surface area contributed by atoms with Gasteiger partial charge in [0.15, 0.2) is 9.84 Å². The van der Waals surface area contributed by atoms with Gasteiger partial charge in [0.2, 0.25) is 0 Å². The average molecular weight is 311 g/mol. The number of benzene rings is 2. The Kier molecular flexibility index (Phi) is 4.48. The van der Waals surface area contributed by atoms with Crippen LogP contribution in [0.1, 0.15) is 16.4 Å². The van der Waals surface area contributed by atoms with Gasteiger partial charge in [-0.05, 0) is 30.7 Å². The van der Waals surface area contributed by atoms with Crippen molar-refractivity contribution in [3.05, 3.63) is 64.7 Å². The Balaban J connectivity index is 2.51. The van der Waals surface area contributed by atoms with Crippen LogP contribution >= 0.6 is 11.6 Å². The maximum atomic E-state index is 12.6. The first-order valence-electron chi connectivity index (χ1n) is 6.12. The molecule has 2 aromatic rings. The molecule has 0 saturated carbocycles. The van der Waals surface area contributed by atoms with Crippen molar-refractivity contribution < 1.29 is 13.5 Å². The van der Waals surface area contributed by atoms with Crippen LogP contribution in [0.2, 0.25) is 5.02 Å². The molecule has 0 aliphatic rings. The molecule has 0 radical (unpaired) electrons. The first kappa shape index (κ1) is 15.0. The molecule has 0 saturated heterocycles. The summed E-state index contributed by atoms with van der Waals surface area (Å²) in [4.78, 5) is 0.182. The van der Waals surface area contributed by atoms with Crippen LogP contribution < -0.4 is 0 Å². The van der Waals surface area contributed by atoms with Gasteiger partial charge in [0.1, 0.15) is 5.25 Å². The summed E-state index contributed by atoms with van der Waals surface area (Å²) in [7, 11) is -3.68. The third kappa shape index (κ3) is 2.87. The van der Waals surface area contributed by atoms with Gasteiger partial charge in [-0.1, -0.05) is 47.5 Å². The summed E-state index contributed by atoms with van der Waals surface area (Å²) < 4.78 is 25.2. The summed E-state index contributed by atoms with van der Waals surface area (Å²) in [6.07, 6.45) is 0. The van der Waals surface area contributed by atoms with E-state index < -0.39 is 21.7 Å². The van der Waals surface area contributed by atoms with Crippen molar-refractivity contribution in [2.24, 2.45) is 0 Å². The van der Waals surface area contributed by atoms with E-state index in [1.165, 1.54) is 0 Å². The van der Waals surface area contributed by atoms with Gasteiger partial charge in [-0.15, -0.1) is 0 Å². The lowest BCUT2D eigenvalue weighted by molar-refractivity contribution is 0.291. The van der Waals surface area contributed by atoms with E-state index in [4.69, 9.17) is 11.6 Å². The smallest absolute Gasteiger partial charge is 0.187 e. The predicted octanol–water partition coefficient (Wildman–Crippen LogP) is 3.16. The lowest BCUT2D eigenvalue weighted by Gasteiger charge is -2.17. The summed E-state index contributed by atoms with van der Waals surface area (Å²) in [5, 5.41) is 8.80. The summed E-state index contributed by atoms with van der Waals surface area (Å²) in [6, 6.07) is 13.2. The molecule has 0 aliphatic heterocycles. The molecule has 0 aliphatic carbocycles. The normalized spacial score (nSPS) is 13.2. The third-order valence-electron chi connectivity index (χ3n) is 3.14. The standard InChI is InChI=1S/C15H15ClO3S/c1-11-6-8-12(9-7-11)20(18,19)15(10-17)13-4-2-3-5-14(13)16/h2-9,15,17H,10H2,1H3. The third-order valence-corrected chi connectivity index (χ3v) is 5.57. The first-order chi connectivity index (χ1) is 9.46. The van der Waals surface area contributed by atoms with E-state index in [1.807, 2.05) is 6.92 Å². The molecule has 1 unspecified atom stereocenters. The highest BCUT2D eigenvalue weighted by molar-refractivity contribution is 7.91. The minimum atomic E-state index is -3.68. The van der Waals surface area contributed by atoms with Crippen LogP contribution in [-0.2, 0) is 9.84 Å². The molecule has 5 heteroatoms. The zero-order chi connectivity index (χ0) is 14.8. The fourth-order valence-corrected chi connectivity index (χ4v) is 3.90. The van der Waals surface area contributed by atoms with Crippen molar-refractivity contribution in [1.82, 2.24) is 0 Å². The summed E-state index contributed by atoms with van der Waals surface area (Å²) in [5.41, 5.74) is 1.39. The number of aliphatic hydroxyl groups is 1. The van der Waals surface area contributed by atoms with Crippen molar-refractivity contribution in [3.8, 4) is 0 Å². The van der Waals surface area contributed by atoms with Gasteiger partial charge >= 0.3 is 0 Å². The molecule has 2 aromatic carbocycles. The van der Waals surface area contributed by atoms with Crippen LogP contribution in [0.15, 0.2) is 53.4 Å². The number of sulfone groups is 1. The number of aliphatic hydroxyl groups excluding tert-OH is 1. The van der Waals surface area contributed by atoms with Crippen LogP contribution in [-0.4, -0.2) is 20.1 Å². The fraction of sp³-hybridized carbons (Fsp3) is 0.200. The highest BCUT2D eigenvalue weighted by Crippen LogP contribution is 2.32. The van der Waals surface area contributed by atoms with Crippen LogP contribution in [0.4, 0.5) is 0 Å². The number of aryl methyl sites for hydroxylation is 1. The van der Waals surface area contributed by atoms with E-state index in [1.54, 1.807) is 48.5 Å². The quantitative estimate of drug-likeness (QED) is 0.943. The van der Waals surface area contributed by atoms with Gasteiger partial charge in [0.25, 0.3) is 0 Å². The van der Waals surface area contributed by atoms with Crippen molar-refractivity contribution in [1.29, 1.82) is 0 Å². The van der Waals surface area contributed by atoms with Crippen LogP contribution in [0.5, 0.6) is 0 Å². The highest BCUT2D eigenvalue weighted by Gasteiger charge is 2.29. The van der Waals surface area contributed by atoms with Gasteiger partial charge in [-0.3, -0.25) is 0 Å². The first-order valence-corrected chi connectivity index (χ1v) is 8.05. The summed E-state index contributed by atoms with van der Waals surface area (Å²) in [5.74, 6) is 0. The Bertz CT molecular complexity index is 693. The molecule has 1 atom stereocenters. The second-order valence-electron chi connectivity index (χ2n) is 4.55. The zero-order valence-electron chi connectivity index (χ0n) is 11.0. The fourth-order valence-electron chi connectivity index (χ4n) is 1.99. The largest absolute Gasteiger partial charge is 0.395 e. The highest BCUT2D eigenvalue weighted by atomic mass is 35.5. The maximum absolute atomic E-state index is 12.6. The molecular weight excluding hydrogens is 296 g/mol. The molecular formula is C15H15ClO3S. The van der Waals surface area contributed by atoms with Gasteiger partial charge in [-0.25, -0.2) is 8.42 Å². The van der Waals surface area contributed by atoms with Crippen molar-refractivity contribution in [2.45, 2.75) is 17.1 Å². The Morgan fingerprint density at radius 1 is 1.10 bits per heavy atom. The van der Waals surface area contributed by atoms with E-state index in [9.17, 15) is 13.5 Å². The van der Waals surface area contributed by atoms with Crippen molar-refractivity contribution in [3.63, 3.8) is 0 Å². The minimum absolute atomic E-state index is 0.182. The van der Waals surface area contributed by atoms with E-state index in [2.05, 4.69) is 0 Å². The maximum Gasteiger partial charge on any atom is 0.187 e. The molecule has 2 rings (SSSR count). The average Bonchev–Trinajstić information content (AvgIpc) is 2.42. The lowest BCUT2D eigenvalue weighted by Crippen LogP contribution is -2.17. The van der Waals surface area contributed by atoms with Gasteiger partial charge in [-0.2, -0.15) is 0 Å². The Hall–Kier alpha value is -1.36. The van der Waals surface area contributed by atoms with Gasteiger partial charge in [0, 0.05) is 5.02 Å². The predicted molar refractivity (Wildman–Crippen MR) is 79.6 cm³/mol.